The number of hydrogen-bond acceptors (Lipinski definition) is 7. The molecule has 0 fully saturated rings. The van der Waals surface area contributed by atoms with E-state index in [-0.39, 0.29) is 70.2 Å². The first-order valence-corrected chi connectivity index (χ1v) is 27.5. The van der Waals surface area contributed by atoms with Gasteiger partial charge in [0.25, 0.3) is 0 Å². The van der Waals surface area contributed by atoms with Crippen LogP contribution in [0, 0.1) is 0 Å². The summed E-state index contributed by atoms with van der Waals surface area (Å²) < 4.78 is 46.9. The molecular weight excluding hydrogens is 832 g/mol. The van der Waals surface area contributed by atoms with Crippen LogP contribution in [0.5, 0.6) is 0 Å². The van der Waals surface area contributed by atoms with Gasteiger partial charge < -0.3 is 14.0 Å². The van der Waals surface area contributed by atoms with Crippen molar-refractivity contribution >= 4 is 22.1 Å². The van der Waals surface area contributed by atoms with Crippen molar-refractivity contribution < 1.29 is 83.4 Å². The van der Waals surface area contributed by atoms with Gasteiger partial charge in [0, 0.05) is 0 Å². The Balaban J connectivity index is 0.0000384. The SMILES string of the molecule is CCCCCCCCCCCCCCC/C=C/CCCCCCOC(=O)c1cccc(S(=O)(=O)[O-])c1C(=O)OCCCCCC/C=C/CCCCCCCCCCCCCCC.[K+]. The number of carbonyl (C=O) groups is 2. The molecule has 0 heterocycles. The summed E-state index contributed by atoms with van der Waals surface area (Å²) in [4.78, 5) is 25.3. The van der Waals surface area contributed by atoms with Gasteiger partial charge in [-0.2, -0.15) is 0 Å². The van der Waals surface area contributed by atoms with Gasteiger partial charge in [-0.15, -0.1) is 0 Å². The molecule has 1 rings (SSSR count). The summed E-state index contributed by atoms with van der Waals surface area (Å²) in [5.41, 5.74) is -0.794. The minimum Gasteiger partial charge on any atom is -0.744 e. The molecule has 0 amide bonds. The van der Waals surface area contributed by atoms with Crippen molar-refractivity contribution in [1.82, 2.24) is 0 Å². The zero-order valence-corrected chi connectivity index (χ0v) is 45.0. The van der Waals surface area contributed by atoms with E-state index in [1.54, 1.807) is 0 Å². The smallest absolute Gasteiger partial charge is 0.744 e. The van der Waals surface area contributed by atoms with E-state index in [1.807, 2.05) is 0 Å². The molecule has 63 heavy (non-hydrogen) atoms. The molecule has 0 atom stereocenters. The van der Waals surface area contributed by atoms with Gasteiger partial charge in [-0.05, 0) is 76.3 Å². The zero-order chi connectivity index (χ0) is 45.0. The van der Waals surface area contributed by atoms with Crippen LogP contribution < -0.4 is 51.4 Å². The molecule has 358 valence electrons. The molecule has 0 aliphatic carbocycles. The largest absolute Gasteiger partial charge is 1.00 e. The minimum absolute atomic E-state index is 0. The Hall–Kier alpha value is -0.814. The van der Waals surface area contributed by atoms with Crippen molar-refractivity contribution in [3.05, 3.63) is 53.6 Å². The van der Waals surface area contributed by atoms with E-state index < -0.39 is 32.5 Å². The van der Waals surface area contributed by atoms with E-state index in [1.165, 1.54) is 179 Å². The Bertz CT molecular complexity index is 1380. The number of hydrogen-bond donors (Lipinski definition) is 0. The normalized spacial score (nSPS) is 11.7. The fourth-order valence-electron chi connectivity index (χ4n) is 8.07. The number of rotatable bonds is 45. The summed E-state index contributed by atoms with van der Waals surface area (Å²) in [5.74, 6) is -1.83. The second kappa shape index (κ2) is 46.3. The Kier molecular flexibility index (Phi) is 45.7. The van der Waals surface area contributed by atoms with Gasteiger partial charge in [-0.25, -0.2) is 18.0 Å². The number of carbonyl (C=O) groups excluding carboxylic acids is 2. The molecular formula is C54H93KO7S. The van der Waals surface area contributed by atoms with Crippen LogP contribution in [0.3, 0.4) is 0 Å². The standard InChI is InChI=1S/C54H94O7S.K/c1-3-5-7-9-11-13-15-17-19-21-23-25-27-29-31-33-35-37-39-41-43-48-60-53(55)50-46-45-47-51(62(57,58)59)52(50)54(56)61-49-44-42-40-38-36-34-32-30-28-26-24-22-20-18-16-14-12-10-8-6-4-2;/h31-34,45-47H,3-30,35-44,48-49H2,1-2H3,(H,57,58,59);/q;+1/p-1/b33-31+,34-32+;. The molecule has 0 saturated heterocycles. The maximum absolute atomic E-state index is 13.1. The van der Waals surface area contributed by atoms with E-state index in [4.69, 9.17) is 9.47 Å². The van der Waals surface area contributed by atoms with E-state index in [0.29, 0.717) is 12.8 Å². The molecule has 0 spiro atoms. The van der Waals surface area contributed by atoms with Crippen LogP contribution in [-0.2, 0) is 19.6 Å². The predicted molar refractivity (Wildman–Crippen MR) is 260 cm³/mol. The van der Waals surface area contributed by atoms with Crippen molar-refractivity contribution in [2.75, 3.05) is 13.2 Å². The van der Waals surface area contributed by atoms with E-state index in [9.17, 15) is 22.6 Å². The first-order valence-electron chi connectivity index (χ1n) is 26.1. The predicted octanol–water partition coefficient (Wildman–Crippen LogP) is 13.9. The van der Waals surface area contributed by atoms with Crippen LogP contribution in [0.4, 0.5) is 0 Å². The van der Waals surface area contributed by atoms with Crippen LogP contribution in [0.1, 0.15) is 279 Å². The fraction of sp³-hybridized carbons (Fsp3) is 0.778. The third-order valence-corrected chi connectivity index (χ3v) is 12.9. The van der Waals surface area contributed by atoms with Crippen molar-refractivity contribution in [2.45, 2.75) is 263 Å². The number of ether oxygens (including phenoxy) is 2. The molecule has 0 radical (unpaired) electrons. The number of allylic oxidation sites excluding steroid dienone is 4. The summed E-state index contributed by atoms with van der Waals surface area (Å²) in [6.07, 6.45) is 56.3. The summed E-state index contributed by atoms with van der Waals surface area (Å²) >= 11 is 0. The molecule has 0 aliphatic rings. The second-order valence-electron chi connectivity index (χ2n) is 17.8. The first kappa shape index (κ1) is 62.2. The summed E-state index contributed by atoms with van der Waals surface area (Å²) in [5, 5.41) is 0. The Morgan fingerprint density at radius 2 is 0.730 bits per heavy atom. The van der Waals surface area contributed by atoms with Crippen molar-refractivity contribution in [3.8, 4) is 0 Å². The van der Waals surface area contributed by atoms with Gasteiger partial charge in [0.1, 0.15) is 10.1 Å². The number of unbranched alkanes of at least 4 members (excludes halogenated alkanes) is 34. The molecule has 0 aliphatic heterocycles. The van der Waals surface area contributed by atoms with Crippen LogP contribution in [-0.4, -0.2) is 38.1 Å². The molecule has 7 nitrogen and oxygen atoms in total. The Morgan fingerprint density at radius 1 is 0.444 bits per heavy atom. The monoisotopic (exact) mass is 925 g/mol. The summed E-state index contributed by atoms with van der Waals surface area (Å²) in [6, 6.07) is 3.62. The second-order valence-corrected chi connectivity index (χ2v) is 19.2. The Morgan fingerprint density at radius 3 is 1.05 bits per heavy atom. The maximum atomic E-state index is 13.1. The van der Waals surface area contributed by atoms with Crippen molar-refractivity contribution in [1.29, 1.82) is 0 Å². The number of benzene rings is 1. The topological polar surface area (TPSA) is 110 Å². The Labute approximate surface area is 431 Å². The van der Waals surface area contributed by atoms with Crippen LogP contribution in [0.15, 0.2) is 47.4 Å². The summed E-state index contributed by atoms with van der Waals surface area (Å²) in [7, 11) is -5.03. The van der Waals surface area contributed by atoms with Crippen LogP contribution in [0.25, 0.3) is 0 Å². The number of esters is 2. The van der Waals surface area contributed by atoms with Gasteiger partial charge in [-0.3, -0.25) is 0 Å². The van der Waals surface area contributed by atoms with Crippen molar-refractivity contribution in [3.63, 3.8) is 0 Å². The molecule has 0 saturated carbocycles. The van der Waals surface area contributed by atoms with E-state index in [0.717, 1.165) is 70.3 Å². The van der Waals surface area contributed by atoms with Crippen molar-refractivity contribution in [2.24, 2.45) is 0 Å². The quantitative estimate of drug-likeness (QED) is 0.0211. The third-order valence-electron chi connectivity index (χ3n) is 12.0. The third kappa shape index (κ3) is 37.9. The minimum atomic E-state index is -5.03. The van der Waals surface area contributed by atoms with Gasteiger partial charge in [-0.1, -0.05) is 224 Å². The first-order chi connectivity index (χ1) is 30.3. The molecule has 0 unspecified atom stereocenters. The molecule has 1 aromatic rings. The molecule has 0 aromatic heterocycles. The maximum Gasteiger partial charge on any atom is 1.00 e. The average Bonchev–Trinajstić information content (AvgIpc) is 3.26. The summed E-state index contributed by atoms with van der Waals surface area (Å²) in [6.45, 7) is 4.76. The van der Waals surface area contributed by atoms with Crippen LogP contribution in [0.2, 0.25) is 0 Å². The van der Waals surface area contributed by atoms with Gasteiger partial charge in [0.2, 0.25) is 0 Å². The van der Waals surface area contributed by atoms with Gasteiger partial charge in [0.15, 0.2) is 0 Å². The molecule has 9 heteroatoms. The van der Waals surface area contributed by atoms with E-state index >= 15 is 0 Å². The fourth-order valence-corrected chi connectivity index (χ4v) is 8.76. The van der Waals surface area contributed by atoms with Gasteiger partial charge >= 0.3 is 63.3 Å². The van der Waals surface area contributed by atoms with Gasteiger partial charge in [0.05, 0.1) is 29.2 Å². The zero-order valence-electron chi connectivity index (χ0n) is 41.1. The molecule has 1 aromatic carbocycles. The van der Waals surface area contributed by atoms with Crippen LogP contribution >= 0.6 is 0 Å². The average molecular weight is 925 g/mol. The molecule has 0 bridgehead atoms. The molecule has 0 N–H and O–H groups in total. The van der Waals surface area contributed by atoms with E-state index in [2.05, 4.69) is 38.2 Å².